The molecule has 1 aromatic heterocycles. The highest BCUT2D eigenvalue weighted by Gasteiger charge is 2.35. The SMILES string of the molecule is O=C1COc2ccccc2CC=CC[C@@H]2[C@@H](CCCN2C(=O)c2ccc3nc[nH]c3c2)N1. The highest BCUT2D eigenvalue weighted by molar-refractivity contribution is 5.97. The van der Waals surface area contributed by atoms with Gasteiger partial charge in [0.25, 0.3) is 11.8 Å². The Balaban J connectivity index is 1.41. The fourth-order valence-corrected chi connectivity index (χ4v) is 4.65. The first-order valence-corrected chi connectivity index (χ1v) is 11.1. The van der Waals surface area contributed by atoms with E-state index in [9.17, 15) is 9.59 Å². The monoisotopic (exact) mass is 430 g/mol. The number of H-pyrrole nitrogens is 1. The summed E-state index contributed by atoms with van der Waals surface area (Å²) >= 11 is 0. The minimum Gasteiger partial charge on any atom is -0.483 e. The summed E-state index contributed by atoms with van der Waals surface area (Å²) in [5, 5.41) is 3.12. The fourth-order valence-electron chi connectivity index (χ4n) is 4.65. The topological polar surface area (TPSA) is 87.3 Å². The maximum atomic E-state index is 13.5. The number of benzene rings is 2. The number of likely N-dealkylation sites (tertiary alicyclic amines) is 1. The van der Waals surface area contributed by atoms with Gasteiger partial charge in [-0.2, -0.15) is 0 Å². The summed E-state index contributed by atoms with van der Waals surface area (Å²) in [5.74, 6) is 0.555. The van der Waals surface area contributed by atoms with Crippen LogP contribution < -0.4 is 10.1 Å². The molecule has 7 heteroatoms. The van der Waals surface area contributed by atoms with E-state index in [1.807, 2.05) is 47.4 Å². The van der Waals surface area contributed by atoms with Gasteiger partial charge in [0.15, 0.2) is 6.61 Å². The molecule has 2 aromatic carbocycles. The number of allylic oxidation sites excluding steroid dienone is 1. The quantitative estimate of drug-likeness (QED) is 0.581. The third kappa shape index (κ3) is 4.10. The van der Waals surface area contributed by atoms with E-state index < -0.39 is 0 Å². The number of aromatic nitrogens is 2. The van der Waals surface area contributed by atoms with Crippen LogP contribution in [-0.4, -0.2) is 51.9 Å². The van der Waals surface area contributed by atoms with Crippen LogP contribution in [0.4, 0.5) is 0 Å². The zero-order valence-corrected chi connectivity index (χ0v) is 17.8. The predicted molar refractivity (Wildman–Crippen MR) is 121 cm³/mol. The molecule has 164 valence electrons. The van der Waals surface area contributed by atoms with Crippen LogP contribution in [0.1, 0.15) is 35.2 Å². The lowest BCUT2D eigenvalue weighted by molar-refractivity contribution is -0.124. The van der Waals surface area contributed by atoms with E-state index in [0.717, 1.165) is 41.6 Å². The number of aromatic amines is 1. The Kier molecular flexibility index (Phi) is 5.62. The Morgan fingerprint density at radius 2 is 2.06 bits per heavy atom. The third-order valence-corrected chi connectivity index (χ3v) is 6.27. The van der Waals surface area contributed by atoms with Gasteiger partial charge in [0.1, 0.15) is 5.75 Å². The molecule has 0 bridgehead atoms. The molecular formula is C25H26N4O3. The summed E-state index contributed by atoms with van der Waals surface area (Å²) in [6.45, 7) is 0.637. The normalized spacial score (nSPS) is 21.5. The Morgan fingerprint density at radius 3 is 3.00 bits per heavy atom. The molecule has 32 heavy (non-hydrogen) atoms. The van der Waals surface area contributed by atoms with Gasteiger partial charge in [-0.1, -0.05) is 30.4 Å². The number of amides is 2. The van der Waals surface area contributed by atoms with Crippen molar-refractivity contribution in [3.8, 4) is 5.75 Å². The second kappa shape index (κ2) is 8.86. The first-order valence-electron chi connectivity index (χ1n) is 11.1. The molecule has 2 aliphatic rings. The minimum atomic E-state index is -0.160. The molecule has 1 saturated heterocycles. The molecule has 0 unspecified atom stereocenters. The second-order valence-electron chi connectivity index (χ2n) is 8.32. The molecular weight excluding hydrogens is 404 g/mol. The van der Waals surface area contributed by atoms with Crippen LogP contribution in [-0.2, 0) is 11.2 Å². The van der Waals surface area contributed by atoms with Crippen LogP contribution in [0.3, 0.4) is 0 Å². The van der Waals surface area contributed by atoms with Crippen molar-refractivity contribution in [3.05, 3.63) is 72.1 Å². The zero-order valence-electron chi connectivity index (χ0n) is 17.8. The molecule has 3 heterocycles. The van der Waals surface area contributed by atoms with Gasteiger partial charge < -0.3 is 19.9 Å². The van der Waals surface area contributed by atoms with Crippen molar-refractivity contribution in [1.29, 1.82) is 0 Å². The van der Waals surface area contributed by atoms with Gasteiger partial charge in [-0.25, -0.2) is 4.98 Å². The van der Waals surface area contributed by atoms with Crippen molar-refractivity contribution < 1.29 is 14.3 Å². The molecule has 2 amide bonds. The summed E-state index contributed by atoms with van der Waals surface area (Å²) in [4.78, 5) is 35.3. The summed E-state index contributed by atoms with van der Waals surface area (Å²) in [7, 11) is 0. The Labute approximate surface area is 186 Å². The van der Waals surface area contributed by atoms with E-state index in [2.05, 4.69) is 27.4 Å². The molecule has 2 atom stereocenters. The molecule has 5 rings (SSSR count). The van der Waals surface area contributed by atoms with E-state index in [-0.39, 0.29) is 30.5 Å². The number of nitrogens with one attached hydrogen (secondary N) is 2. The number of hydrogen-bond donors (Lipinski definition) is 2. The Hall–Kier alpha value is -3.61. The molecule has 3 aromatic rings. The van der Waals surface area contributed by atoms with Crippen molar-refractivity contribution in [3.63, 3.8) is 0 Å². The maximum Gasteiger partial charge on any atom is 0.258 e. The third-order valence-electron chi connectivity index (χ3n) is 6.27. The first-order chi connectivity index (χ1) is 15.7. The van der Waals surface area contributed by atoms with Crippen LogP contribution in [0.25, 0.3) is 11.0 Å². The van der Waals surface area contributed by atoms with Gasteiger partial charge in [-0.05, 0) is 55.5 Å². The predicted octanol–water partition coefficient (Wildman–Crippen LogP) is 3.23. The van der Waals surface area contributed by atoms with Gasteiger partial charge in [0.2, 0.25) is 0 Å². The van der Waals surface area contributed by atoms with E-state index in [0.29, 0.717) is 18.5 Å². The molecule has 0 radical (unpaired) electrons. The molecule has 1 fully saturated rings. The summed E-state index contributed by atoms with van der Waals surface area (Å²) in [6.07, 6.45) is 8.95. The average Bonchev–Trinajstić information content (AvgIpc) is 3.28. The van der Waals surface area contributed by atoms with Crippen molar-refractivity contribution in [1.82, 2.24) is 20.2 Å². The molecule has 0 spiro atoms. The van der Waals surface area contributed by atoms with Gasteiger partial charge in [-0.3, -0.25) is 9.59 Å². The van der Waals surface area contributed by atoms with Crippen molar-refractivity contribution in [2.45, 2.75) is 37.8 Å². The van der Waals surface area contributed by atoms with Gasteiger partial charge in [-0.15, -0.1) is 0 Å². The van der Waals surface area contributed by atoms with Gasteiger partial charge in [0.05, 0.1) is 23.4 Å². The maximum absolute atomic E-state index is 13.5. The average molecular weight is 431 g/mol. The van der Waals surface area contributed by atoms with Gasteiger partial charge >= 0.3 is 0 Å². The minimum absolute atomic E-state index is 0.0208. The summed E-state index contributed by atoms with van der Waals surface area (Å²) in [6, 6.07) is 13.1. The number of rotatable bonds is 1. The van der Waals surface area contributed by atoms with Crippen LogP contribution in [0.5, 0.6) is 5.75 Å². The zero-order chi connectivity index (χ0) is 21.9. The highest BCUT2D eigenvalue weighted by Crippen LogP contribution is 2.25. The second-order valence-corrected chi connectivity index (χ2v) is 8.32. The molecule has 0 saturated carbocycles. The number of hydrogen-bond acceptors (Lipinski definition) is 4. The molecule has 2 N–H and O–H groups in total. The van der Waals surface area contributed by atoms with Crippen LogP contribution in [0, 0.1) is 0 Å². The van der Waals surface area contributed by atoms with E-state index in [4.69, 9.17) is 4.74 Å². The largest absolute Gasteiger partial charge is 0.483 e. The number of nitrogens with zero attached hydrogens (tertiary/aromatic N) is 2. The van der Waals surface area contributed by atoms with Crippen LogP contribution in [0.2, 0.25) is 0 Å². The number of imidazole rings is 1. The Morgan fingerprint density at radius 1 is 1.16 bits per heavy atom. The number of carbonyl (C=O) groups is 2. The molecule has 2 aliphatic heterocycles. The number of ether oxygens (including phenoxy) is 1. The smallest absolute Gasteiger partial charge is 0.258 e. The Bertz CT molecular complexity index is 1170. The van der Waals surface area contributed by atoms with Crippen molar-refractivity contribution in [2.24, 2.45) is 0 Å². The number of fused-ring (bicyclic) bond motifs is 3. The highest BCUT2D eigenvalue weighted by atomic mass is 16.5. The van der Waals surface area contributed by atoms with Crippen molar-refractivity contribution >= 4 is 22.8 Å². The first kappa shape index (κ1) is 20.3. The van der Waals surface area contributed by atoms with E-state index in [1.54, 1.807) is 6.33 Å². The van der Waals surface area contributed by atoms with Crippen LogP contribution in [0.15, 0.2) is 60.9 Å². The standard InChI is InChI=1S/C25H26N4O3/c30-24-15-32-23-10-4-2-7-17(23)6-1-3-9-22-20(28-24)8-5-13-29(22)25(31)18-11-12-19-21(14-18)27-16-26-19/h1-4,7,10-12,14,16,20,22H,5-6,8-9,13,15H2,(H,26,27)(H,28,30)/t20-,22-/m1/s1. The van der Waals surface area contributed by atoms with E-state index >= 15 is 0 Å². The lowest BCUT2D eigenvalue weighted by atomic mass is 9.92. The lowest BCUT2D eigenvalue weighted by Gasteiger charge is -2.41. The summed E-state index contributed by atoms with van der Waals surface area (Å²) < 4.78 is 5.79. The van der Waals surface area contributed by atoms with Crippen molar-refractivity contribution in [2.75, 3.05) is 13.2 Å². The lowest BCUT2D eigenvalue weighted by Crippen LogP contribution is -2.57. The van der Waals surface area contributed by atoms with Gasteiger partial charge in [0, 0.05) is 18.2 Å². The van der Waals surface area contributed by atoms with Crippen LogP contribution >= 0.6 is 0 Å². The van der Waals surface area contributed by atoms with E-state index in [1.165, 1.54) is 0 Å². The molecule has 7 nitrogen and oxygen atoms in total. The number of para-hydroxylation sites is 1. The number of piperidine rings is 1. The number of carbonyl (C=O) groups excluding carboxylic acids is 2. The summed E-state index contributed by atoms with van der Waals surface area (Å²) in [5.41, 5.74) is 3.34. The molecule has 0 aliphatic carbocycles. The fraction of sp³-hybridized carbons (Fsp3) is 0.320.